The number of aryl methyl sites for hydroxylation is 2. The molecule has 0 aliphatic heterocycles. The SMILES string of the molecule is Cc1ccc(C(=O)Nc2cccc(C)c2C(=O)O)cn1. The van der Waals surface area contributed by atoms with Crippen LogP contribution >= 0.6 is 0 Å². The zero-order valence-electron chi connectivity index (χ0n) is 11.2. The fourth-order valence-electron chi connectivity index (χ4n) is 1.85. The van der Waals surface area contributed by atoms with Crippen LogP contribution in [0.1, 0.15) is 32.0 Å². The summed E-state index contributed by atoms with van der Waals surface area (Å²) in [6, 6.07) is 8.32. The van der Waals surface area contributed by atoms with E-state index in [1.807, 2.05) is 6.92 Å². The van der Waals surface area contributed by atoms with E-state index in [9.17, 15) is 14.7 Å². The smallest absolute Gasteiger partial charge is 0.338 e. The third kappa shape index (κ3) is 2.83. The van der Waals surface area contributed by atoms with Crippen molar-refractivity contribution in [3.63, 3.8) is 0 Å². The summed E-state index contributed by atoms with van der Waals surface area (Å²) in [6.45, 7) is 3.51. The number of hydrogen-bond acceptors (Lipinski definition) is 3. The summed E-state index contributed by atoms with van der Waals surface area (Å²) in [5.41, 5.74) is 2.16. The first-order valence-electron chi connectivity index (χ1n) is 6.06. The van der Waals surface area contributed by atoms with Crippen LogP contribution in [0.3, 0.4) is 0 Å². The van der Waals surface area contributed by atoms with Gasteiger partial charge in [0, 0.05) is 11.9 Å². The van der Waals surface area contributed by atoms with Gasteiger partial charge in [0.25, 0.3) is 5.91 Å². The van der Waals surface area contributed by atoms with Gasteiger partial charge in [-0.3, -0.25) is 9.78 Å². The molecule has 1 heterocycles. The number of amides is 1. The first-order chi connectivity index (χ1) is 9.49. The third-order valence-corrected chi connectivity index (χ3v) is 2.91. The normalized spacial score (nSPS) is 10.1. The second-order valence-corrected chi connectivity index (χ2v) is 4.45. The molecule has 2 rings (SSSR count). The van der Waals surface area contributed by atoms with E-state index in [1.165, 1.54) is 6.20 Å². The number of carbonyl (C=O) groups is 2. The topological polar surface area (TPSA) is 79.3 Å². The van der Waals surface area contributed by atoms with E-state index in [0.717, 1.165) is 5.69 Å². The predicted octanol–water partition coefficient (Wildman–Crippen LogP) is 2.65. The van der Waals surface area contributed by atoms with Gasteiger partial charge in [-0.2, -0.15) is 0 Å². The standard InChI is InChI=1S/C15H14N2O3/c1-9-4-3-5-12(13(9)15(19)20)17-14(18)11-7-6-10(2)16-8-11/h3-8H,1-2H3,(H,17,18)(H,19,20). The fraction of sp³-hybridized carbons (Fsp3) is 0.133. The Kier molecular flexibility index (Phi) is 3.79. The van der Waals surface area contributed by atoms with E-state index in [0.29, 0.717) is 11.1 Å². The number of aromatic carboxylic acids is 1. The van der Waals surface area contributed by atoms with Crippen molar-refractivity contribution in [2.24, 2.45) is 0 Å². The Balaban J connectivity index is 2.30. The van der Waals surface area contributed by atoms with Crippen LogP contribution in [0.25, 0.3) is 0 Å². The average molecular weight is 270 g/mol. The molecule has 1 aromatic carbocycles. The maximum absolute atomic E-state index is 12.1. The zero-order chi connectivity index (χ0) is 14.7. The van der Waals surface area contributed by atoms with Crippen LogP contribution in [0.4, 0.5) is 5.69 Å². The molecule has 20 heavy (non-hydrogen) atoms. The largest absolute Gasteiger partial charge is 0.478 e. The van der Waals surface area contributed by atoms with E-state index < -0.39 is 5.97 Å². The molecule has 1 amide bonds. The first-order valence-corrected chi connectivity index (χ1v) is 6.06. The van der Waals surface area contributed by atoms with Gasteiger partial charge in [-0.25, -0.2) is 4.79 Å². The first kappa shape index (κ1) is 13.7. The lowest BCUT2D eigenvalue weighted by Gasteiger charge is -2.10. The molecule has 2 aromatic rings. The molecule has 1 aromatic heterocycles. The van der Waals surface area contributed by atoms with Gasteiger partial charge < -0.3 is 10.4 Å². The van der Waals surface area contributed by atoms with Gasteiger partial charge in [0.15, 0.2) is 0 Å². The van der Waals surface area contributed by atoms with Crippen molar-refractivity contribution in [1.29, 1.82) is 0 Å². The van der Waals surface area contributed by atoms with Gasteiger partial charge in [-0.15, -0.1) is 0 Å². The predicted molar refractivity (Wildman–Crippen MR) is 75.1 cm³/mol. The molecule has 0 spiro atoms. The fourth-order valence-corrected chi connectivity index (χ4v) is 1.85. The third-order valence-electron chi connectivity index (χ3n) is 2.91. The lowest BCUT2D eigenvalue weighted by atomic mass is 10.1. The minimum atomic E-state index is -1.07. The summed E-state index contributed by atoms with van der Waals surface area (Å²) in [5.74, 6) is -1.45. The summed E-state index contributed by atoms with van der Waals surface area (Å²) >= 11 is 0. The number of carboxylic acid groups (broad SMARTS) is 1. The second kappa shape index (κ2) is 5.52. The minimum Gasteiger partial charge on any atom is -0.478 e. The molecule has 0 aliphatic rings. The maximum Gasteiger partial charge on any atom is 0.338 e. The van der Waals surface area contributed by atoms with Crippen molar-refractivity contribution in [1.82, 2.24) is 4.98 Å². The van der Waals surface area contributed by atoms with Crippen molar-refractivity contribution < 1.29 is 14.7 Å². The summed E-state index contributed by atoms with van der Waals surface area (Å²) in [7, 11) is 0. The molecule has 0 aliphatic carbocycles. The van der Waals surface area contributed by atoms with Crippen molar-refractivity contribution in [3.05, 3.63) is 58.9 Å². The van der Waals surface area contributed by atoms with Crippen LogP contribution in [0, 0.1) is 13.8 Å². The quantitative estimate of drug-likeness (QED) is 0.898. The highest BCUT2D eigenvalue weighted by molar-refractivity contribution is 6.08. The Morgan fingerprint density at radius 3 is 2.50 bits per heavy atom. The van der Waals surface area contributed by atoms with Crippen molar-refractivity contribution >= 4 is 17.6 Å². The van der Waals surface area contributed by atoms with E-state index in [-0.39, 0.29) is 17.2 Å². The van der Waals surface area contributed by atoms with Crippen molar-refractivity contribution in [3.8, 4) is 0 Å². The lowest BCUT2D eigenvalue weighted by Crippen LogP contribution is -2.15. The van der Waals surface area contributed by atoms with Crippen LogP contribution in [0.15, 0.2) is 36.5 Å². The van der Waals surface area contributed by atoms with E-state index >= 15 is 0 Å². The van der Waals surface area contributed by atoms with Gasteiger partial charge in [-0.05, 0) is 37.6 Å². The Morgan fingerprint density at radius 1 is 1.15 bits per heavy atom. The van der Waals surface area contributed by atoms with Gasteiger partial charge in [0.05, 0.1) is 16.8 Å². The maximum atomic E-state index is 12.1. The molecule has 5 nitrogen and oxygen atoms in total. The lowest BCUT2D eigenvalue weighted by molar-refractivity contribution is 0.0697. The number of aromatic nitrogens is 1. The minimum absolute atomic E-state index is 0.0981. The number of carboxylic acids is 1. The van der Waals surface area contributed by atoms with Crippen LogP contribution in [-0.2, 0) is 0 Å². The highest BCUT2D eigenvalue weighted by Gasteiger charge is 2.15. The Hall–Kier alpha value is -2.69. The second-order valence-electron chi connectivity index (χ2n) is 4.45. The number of nitrogens with zero attached hydrogens (tertiary/aromatic N) is 1. The average Bonchev–Trinajstić information content (AvgIpc) is 2.39. The summed E-state index contributed by atoms with van der Waals surface area (Å²) in [5, 5.41) is 11.8. The van der Waals surface area contributed by atoms with Crippen LogP contribution in [-0.4, -0.2) is 22.0 Å². The van der Waals surface area contributed by atoms with E-state index in [2.05, 4.69) is 10.3 Å². The molecule has 0 saturated carbocycles. The molecule has 0 saturated heterocycles. The van der Waals surface area contributed by atoms with Gasteiger partial charge >= 0.3 is 5.97 Å². The number of anilines is 1. The Labute approximate surface area is 116 Å². The number of carbonyl (C=O) groups excluding carboxylic acids is 1. The summed E-state index contributed by atoms with van der Waals surface area (Å²) < 4.78 is 0. The summed E-state index contributed by atoms with van der Waals surface area (Å²) in [4.78, 5) is 27.3. The molecule has 2 N–H and O–H groups in total. The van der Waals surface area contributed by atoms with E-state index in [1.54, 1.807) is 37.3 Å². The zero-order valence-corrected chi connectivity index (χ0v) is 11.2. The molecular weight excluding hydrogens is 256 g/mol. The number of nitrogens with one attached hydrogen (secondary N) is 1. The number of rotatable bonds is 3. The summed E-state index contributed by atoms with van der Waals surface area (Å²) in [6.07, 6.45) is 1.46. The monoisotopic (exact) mass is 270 g/mol. The number of hydrogen-bond donors (Lipinski definition) is 2. The highest BCUT2D eigenvalue weighted by atomic mass is 16.4. The number of benzene rings is 1. The van der Waals surface area contributed by atoms with Gasteiger partial charge in [0.1, 0.15) is 0 Å². The molecule has 0 atom stereocenters. The Bertz CT molecular complexity index is 663. The van der Waals surface area contributed by atoms with E-state index in [4.69, 9.17) is 0 Å². The molecule has 5 heteroatoms. The van der Waals surface area contributed by atoms with Crippen molar-refractivity contribution in [2.75, 3.05) is 5.32 Å². The molecule has 0 unspecified atom stereocenters. The van der Waals surface area contributed by atoms with Crippen molar-refractivity contribution in [2.45, 2.75) is 13.8 Å². The number of pyridine rings is 1. The van der Waals surface area contributed by atoms with Gasteiger partial charge in [-0.1, -0.05) is 12.1 Å². The molecule has 102 valence electrons. The van der Waals surface area contributed by atoms with Crippen LogP contribution < -0.4 is 5.32 Å². The van der Waals surface area contributed by atoms with Crippen LogP contribution in [0.2, 0.25) is 0 Å². The molecular formula is C15H14N2O3. The molecule has 0 radical (unpaired) electrons. The van der Waals surface area contributed by atoms with Crippen LogP contribution in [0.5, 0.6) is 0 Å². The van der Waals surface area contributed by atoms with Gasteiger partial charge in [0.2, 0.25) is 0 Å². The Morgan fingerprint density at radius 2 is 1.90 bits per heavy atom. The molecule has 0 fully saturated rings. The molecule has 0 bridgehead atoms. The highest BCUT2D eigenvalue weighted by Crippen LogP contribution is 2.20.